The van der Waals surface area contributed by atoms with Crippen LogP contribution in [0.3, 0.4) is 0 Å². The second kappa shape index (κ2) is 9.57. The van der Waals surface area contributed by atoms with Gasteiger partial charge in [-0.2, -0.15) is 9.78 Å². The molecular weight excluding hydrogens is 484 g/mol. The number of rotatable bonds is 3. The summed E-state index contributed by atoms with van der Waals surface area (Å²) in [6.45, 7) is 1.37. The Balaban J connectivity index is 1.27. The molecule has 7 rings (SSSR count). The molecule has 4 unspecified atom stereocenters. The van der Waals surface area contributed by atoms with Crippen LogP contribution >= 0.6 is 0 Å². The highest BCUT2D eigenvalue weighted by Crippen LogP contribution is 2.44. The second-order valence-electron chi connectivity index (χ2n) is 11.7. The first-order valence-electron chi connectivity index (χ1n) is 14.1. The molecule has 38 heavy (non-hydrogen) atoms. The molecule has 4 atom stereocenters. The van der Waals surface area contributed by atoms with Crippen LogP contribution < -0.4 is 16.8 Å². The number of para-hydroxylation sites is 2. The Bertz CT molecular complexity index is 1500. The number of hydrogen-bond acceptors (Lipinski definition) is 7. The molecule has 10 nitrogen and oxygen atoms in total. The van der Waals surface area contributed by atoms with Gasteiger partial charge in [0.25, 0.3) is 11.1 Å². The zero-order chi connectivity index (χ0) is 25.8. The van der Waals surface area contributed by atoms with Crippen LogP contribution in [0.25, 0.3) is 16.9 Å². The molecule has 0 radical (unpaired) electrons. The number of nitrogens with zero attached hydrogens (tertiary/aromatic N) is 5. The molecule has 2 saturated carbocycles. The first kappa shape index (κ1) is 24.0. The van der Waals surface area contributed by atoms with Crippen molar-refractivity contribution in [2.45, 2.75) is 82.0 Å². The number of nitrogens with one attached hydrogen (secondary N) is 1. The molecule has 1 aromatic carbocycles. The van der Waals surface area contributed by atoms with E-state index in [-0.39, 0.29) is 29.5 Å². The molecule has 2 aliphatic heterocycles. The van der Waals surface area contributed by atoms with Gasteiger partial charge in [-0.1, -0.05) is 37.8 Å². The predicted octanol–water partition coefficient (Wildman–Crippen LogP) is 2.39. The minimum absolute atomic E-state index is 0.0476. The average molecular weight is 519 g/mol. The number of fused-ring (bicyclic) bond motifs is 5. The van der Waals surface area contributed by atoms with Crippen molar-refractivity contribution in [3.05, 3.63) is 61.7 Å². The summed E-state index contributed by atoms with van der Waals surface area (Å²) in [6, 6.07) is 8.60. The van der Waals surface area contributed by atoms with Crippen molar-refractivity contribution in [3.8, 4) is 5.82 Å². The van der Waals surface area contributed by atoms with Gasteiger partial charge in [0.15, 0.2) is 0 Å². The standard InChI is InChI=1S/C28H34N6O4/c35-25-14-29-34(28(37)31-25)26-27(36)33(24-8-4-3-7-23(24)30-26)20-12-21-15-38-16-22(13-20)32(21)19-10-17-5-1-2-6-18(9-17)11-19/h3-4,7-8,14,17-22H,1-2,5-6,9-13,15-16H2,(H,31,35,37). The number of aromatic amines is 1. The van der Waals surface area contributed by atoms with Crippen LogP contribution in [0.2, 0.25) is 0 Å². The van der Waals surface area contributed by atoms with E-state index in [9.17, 15) is 14.4 Å². The highest BCUT2D eigenvalue weighted by atomic mass is 16.5. The first-order chi connectivity index (χ1) is 18.5. The molecule has 200 valence electrons. The average Bonchev–Trinajstić information content (AvgIpc) is 3.07. The van der Waals surface area contributed by atoms with Crippen molar-refractivity contribution in [3.63, 3.8) is 0 Å². The lowest BCUT2D eigenvalue weighted by Crippen LogP contribution is -2.62. The highest BCUT2D eigenvalue weighted by molar-refractivity contribution is 5.75. The molecule has 10 heteroatoms. The molecule has 4 bridgehead atoms. The van der Waals surface area contributed by atoms with Crippen molar-refractivity contribution in [2.75, 3.05) is 13.2 Å². The monoisotopic (exact) mass is 518 g/mol. The molecule has 4 fully saturated rings. The topological polar surface area (TPSA) is 115 Å². The lowest BCUT2D eigenvalue weighted by molar-refractivity contribution is -0.116. The van der Waals surface area contributed by atoms with Crippen LogP contribution in [-0.2, 0) is 4.74 Å². The Morgan fingerprint density at radius 1 is 0.842 bits per heavy atom. The minimum Gasteiger partial charge on any atom is -0.378 e. The van der Waals surface area contributed by atoms with E-state index < -0.39 is 11.2 Å². The molecule has 0 spiro atoms. The largest absolute Gasteiger partial charge is 0.378 e. The number of morpholine rings is 1. The maximum atomic E-state index is 14.0. The van der Waals surface area contributed by atoms with Gasteiger partial charge in [0.1, 0.15) is 6.20 Å². The lowest BCUT2D eigenvalue weighted by Gasteiger charge is -2.54. The summed E-state index contributed by atoms with van der Waals surface area (Å²) in [5, 5.41) is 3.92. The van der Waals surface area contributed by atoms with Gasteiger partial charge in [0.2, 0.25) is 5.82 Å². The van der Waals surface area contributed by atoms with E-state index in [1.54, 1.807) is 0 Å². The quantitative estimate of drug-likeness (QED) is 0.566. The van der Waals surface area contributed by atoms with Crippen LogP contribution in [0.4, 0.5) is 0 Å². The van der Waals surface area contributed by atoms with Crippen molar-refractivity contribution in [1.82, 2.24) is 29.2 Å². The number of aromatic nitrogens is 5. The third-order valence-electron chi connectivity index (χ3n) is 9.38. The van der Waals surface area contributed by atoms with E-state index >= 15 is 0 Å². The van der Waals surface area contributed by atoms with Gasteiger partial charge in [0.05, 0.1) is 24.2 Å². The van der Waals surface area contributed by atoms with Gasteiger partial charge < -0.3 is 9.30 Å². The van der Waals surface area contributed by atoms with Gasteiger partial charge >= 0.3 is 5.69 Å². The maximum Gasteiger partial charge on any atom is 0.351 e. The Morgan fingerprint density at radius 3 is 2.26 bits per heavy atom. The highest BCUT2D eigenvalue weighted by Gasteiger charge is 2.45. The molecule has 3 aromatic rings. The summed E-state index contributed by atoms with van der Waals surface area (Å²) in [5.41, 5.74) is -0.397. The van der Waals surface area contributed by atoms with Gasteiger partial charge in [-0.15, -0.1) is 0 Å². The summed E-state index contributed by atoms with van der Waals surface area (Å²) in [6.07, 6.45) is 12.1. The van der Waals surface area contributed by atoms with Crippen LogP contribution in [0, 0.1) is 11.8 Å². The summed E-state index contributed by atoms with van der Waals surface area (Å²) in [5.74, 6) is 1.60. The van der Waals surface area contributed by atoms with Gasteiger partial charge in [0, 0.05) is 24.2 Å². The van der Waals surface area contributed by atoms with Crippen molar-refractivity contribution in [1.29, 1.82) is 0 Å². The SMILES string of the molecule is O=c1cnn(-c2nc3ccccc3n(C3CC4COCC(C3)N4C3CC4CCCCC(C4)C3)c2=O)c(=O)[nH]1. The zero-order valence-corrected chi connectivity index (χ0v) is 21.5. The summed E-state index contributed by atoms with van der Waals surface area (Å²) in [4.78, 5) is 47.5. The summed E-state index contributed by atoms with van der Waals surface area (Å²) < 4.78 is 8.79. The van der Waals surface area contributed by atoms with Crippen LogP contribution in [-0.4, -0.2) is 60.6 Å². The van der Waals surface area contributed by atoms with Crippen molar-refractivity contribution < 1.29 is 4.74 Å². The molecular formula is C28H34N6O4. The van der Waals surface area contributed by atoms with E-state index in [0.29, 0.717) is 24.8 Å². The zero-order valence-electron chi connectivity index (χ0n) is 21.5. The fourth-order valence-electron chi connectivity index (χ4n) is 7.98. The molecule has 1 N–H and O–H groups in total. The van der Waals surface area contributed by atoms with E-state index in [1.807, 2.05) is 28.8 Å². The third kappa shape index (κ3) is 4.14. The molecule has 0 amide bonds. The fourth-order valence-corrected chi connectivity index (χ4v) is 7.98. The Kier molecular flexibility index (Phi) is 6.04. The van der Waals surface area contributed by atoms with E-state index in [2.05, 4.69) is 20.0 Å². The molecule has 2 aliphatic carbocycles. The van der Waals surface area contributed by atoms with Gasteiger partial charge in [-0.05, 0) is 56.1 Å². The number of piperidine rings is 1. The van der Waals surface area contributed by atoms with Gasteiger partial charge in [-0.25, -0.2) is 9.78 Å². The van der Waals surface area contributed by atoms with E-state index in [0.717, 1.165) is 41.1 Å². The fraction of sp³-hybridized carbons (Fsp3) is 0.607. The van der Waals surface area contributed by atoms with E-state index in [4.69, 9.17) is 4.74 Å². The van der Waals surface area contributed by atoms with Crippen molar-refractivity contribution in [2.24, 2.45) is 11.8 Å². The third-order valence-corrected chi connectivity index (χ3v) is 9.38. The first-order valence-corrected chi connectivity index (χ1v) is 14.1. The Morgan fingerprint density at radius 2 is 1.55 bits per heavy atom. The molecule has 4 aliphatic rings. The summed E-state index contributed by atoms with van der Waals surface area (Å²) in [7, 11) is 0. The van der Waals surface area contributed by atoms with Crippen LogP contribution in [0.15, 0.2) is 44.8 Å². The summed E-state index contributed by atoms with van der Waals surface area (Å²) >= 11 is 0. The van der Waals surface area contributed by atoms with Crippen LogP contribution in [0.1, 0.15) is 63.8 Å². The molecule has 2 aromatic heterocycles. The minimum atomic E-state index is -0.775. The normalized spacial score (nSPS) is 31.7. The number of H-pyrrole nitrogens is 1. The lowest BCUT2D eigenvalue weighted by atomic mass is 9.75. The molecule has 2 saturated heterocycles. The van der Waals surface area contributed by atoms with Gasteiger partial charge in [-0.3, -0.25) is 19.5 Å². The molecule has 4 heterocycles. The van der Waals surface area contributed by atoms with E-state index in [1.165, 1.54) is 44.9 Å². The predicted molar refractivity (Wildman–Crippen MR) is 142 cm³/mol. The van der Waals surface area contributed by atoms with Crippen LogP contribution in [0.5, 0.6) is 0 Å². The maximum absolute atomic E-state index is 14.0. The number of benzene rings is 1. The Hall–Kier alpha value is -3.11. The number of ether oxygens (including phenoxy) is 1. The van der Waals surface area contributed by atoms with Crippen molar-refractivity contribution >= 4 is 11.0 Å². The second-order valence-corrected chi connectivity index (χ2v) is 11.7. The number of hydrogen-bond donors (Lipinski definition) is 1. The Labute approximate surface area is 219 Å². The smallest absolute Gasteiger partial charge is 0.351 e.